The highest BCUT2D eigenvalue weighted by Gasteiger charge is 2.16. The summed E-state index contributed by atoms with van der Waals surface area (Å²) in [5.41, 5.74) is 8.79. The van der Waals surface area contributed by atoms with E-state index in [0.717, 1.165) is 49.6 Å². The summed E-state index contributed by atoms with van der Waals surface area (Å²) in [7, 11) is 0. The summed E-state index contributed by atoms with van der Waals surface area (Å²) in [5.74, 6) is 0. The van der Waals surface area contributed by atoms with Gasteiger partial charge in [0.2, 0.25) is 0 Å². The normalized spacial score (nSPS) is 11.8. The molecule has 0 atom stereocenters. The number of hydrogen-bond donors (Lipinski definition) is 0. The fourth-order valence-corrected chi connectivity index (χ4v) is 7.68. The number of hydrogen-bond acceptors (Lipinski definition) is 2. The molecule has 2 heteroatoms. The smallest absolute Gasteiger partial charge is 0.0788 e. The van der Waals surface area contributed by atoms with Crippen molar-refractivity contribution in [1.29, 1.82) is 0 Å². The van der Waals surface area contributed by atoms with Gasteiger partial charge in [0.15, 0.2) is 0 Å². The Morgan fingerprint density at radius 3 is 1.69 bits per heavy atom. The Balaban J connectivity index is 1.19. The van der Waals surface area contributed by atoms with E-state index < -0.39 is 0 Å². The molecule has 0 radical (unpaired) electrons. The molecule has 0 aliphatic carbocycles. The van der Waals surface area contributed by atoms with Crippen LogP contribution in [0.15, 0.2) is 170 Å². The minimum absolute atomic E-state index is 0.991. The summed E-state index contributed by atoms with van der Waals surface area (Å²) in [5, 5.41) is 12.4. The molecule has 0 unspecified atom stereocenters. The van der Waals surface area contributed by atoms with Gasteiger partial charge >= 0.3 is 0 Å². The van der Waals surface area contributed by atoms with E-state index in [4.69, 9.17) is 4.98 Å². The third-order valence-electron chi connectivity index (χ3n) is 9.88. The lowest BCUT2D eigenvalue weighted by Crippen LogP contribution is -1.92. The SMILES string of the molecule is c1cnc2c(-c3ccc(-c4nc5ccccc5c5c(-c6ccc7c8ccccc8c8ccccc8c7c6)cccc45)cc3)cccc2c1. The first-order valence-electron chi connectivity index (χ1n) is 16.4. The summed E-state index contributed by atoms with van der Waals surface area (Å²) in [6.07, 6.45) is 1.86. The Bertz CT molecular complexity index is 2840. The average molecular weight is 609 g/mol. The lowest BCUT2D eigenvalue weighted by molar-refractivity contribution is 1.41. The molecule has 8 aromatic carbocycles. The van der Waals surface area contributed by atoms with Crippen molar-refractivity contribution in [3.05, 3.63) is 170 Å². The van der Waals surface area contributed by atoms with E-state index in [-0.39, 0.29) is 0 Å². The predicted molar refractivity (Wildman–Crippen MR) is 203 cm³/mol. The minimum Gasteiger partial charge on any atom is -0.256 e. The molecule has 2 heterocycles. The molecule has 2 nitrogen and oxygen atoms in total. The van der Waals surface area contributed by atoms with E-state index in [1.807, 2.05) is 12.3 Å². The zero-order valence-corrected chi connectivity index (χ0v) is 26.1. The summed E-state index contributed by atoms with van der Waals surface area (Å²) in [6, 6.07) is 59.0. The molecule has 10 aromatic rings. The van der Waals surface area contributed by atoms with Crippen LogP contribution in [-0.2, 0) is 0 Å². The third-order valence-corrected chi connectivity index (χ3v) is 9.88. The van der Waals surface area contributed by atoms with Gasteiger partial charge in [0.1, 0.15) is 0 Å². The Morgan fingerprint density at radius 1 is 0.354 bits per heavy atom. The van der Waals surface area contributed by atoms with Crippen LogP contribution in [-0.4, -0.2) is 9.97 Å². The van der Waals surface area contributed by atoms with Gasteiger partial charge in [0, 0.05) is 38.9 Å². The van der Waals surface area contributed by atoms with Gasteiger partial charge in [-0.3, -0.25) is 4.98 Å². The monoisotopic (exact) mass is 608 g/mol. The van der Waals surface area contributed by atoms with E-state index in [1.54, 1.807) is 0 Å². The van der Waals surface area contributed by atoms with Gasteiger partial charge < -0.3 is 0 Å². The van der Waals surface area contributed by atoms with Crippen LogP contribution in [0, 0.1) is 0 Å². The summed E-state index contributed by atoms with van der Waals surface area (Å²) in [4.78, 5) is 9.96. The summed E-state index contributed by atoms with van der Waals surface area (Å²) < 4.78 is 0. The lowest BCUT2D eigenvalue weighted by atomic mass is 9.89. The second kappa shape index (κ2) is 10.6. The van der Waals surface area contributed by atoms with Crippen molar-refractivity contribution in [2.45, 2.75) is 0 Å². The van der Waals surface area contributed by atoms with Gasteiger partial charge in [-0.05, 0) is 67.2 Å². The fraction of sp³-hybridized carbons (Fsp3) is 0. The molecule has 2 aromatic heterocycles. The topological polar surface area (TPSA) is 25.8 Å². The minimum atomic E-state index is 0.991. The highest BCUT2D eigenvalue weighted by Crippen LogP contribution is 2.42. The molecule has 0 aliphatic rings. The number of nitrogens with zero attached hydrogens (tertiary/aromatic N) is 2. The Morgan fingerprint density at radius 2 is 0.917 bits per heavy atom. The fourth-order valence-electron chi connectivity index (χ4n) is 7.68. The first-order valence-corrected chi connectivity index (χ1v) is 16.4. The highest BCUT2D eigenvalue weighted by atomic mass is 14.7. The maximum absolute atomic E-state index is 5.27. The van der Waals surface area contributed by atoms with E-state index in [2.05, 4.69) is 163 Å². The Labute approximate surface area is 277 Å². The van der Waals surface area contributed by atoms with Crippen molar-refractivity contribution in [2.24, 2.45) is 0 Å². The van der Waals surface area contributed by atoms with Crippen LogP contribution in [0.3, 0.4) is 0 Å². The van der Waals surface area contributed by atoms with Gasteiger partial charge in [-0.2, -0.15) is 0 Å². The number of benzene rings is 8. The Hall–Kier alpha value is -6.38. The molecule has 0 amide bonds. The molecule has 0 N–H and O–H groups in total. The van der Waals surface area contributed by atoms with Gasteiger partial charge in [-0.15, -0.1) is 0 Å². The van der Waals surface area contributed by atoms with Crippen molar-refractivity contribution >= 4 is 64.9 Å². The maximum atomic E-state index is 5.27. The van der Waals surface area contributed by atoms with Gasteiger partial charge in [-0.1, -0.05) is 146 Å². The highest BCUT2D eigenvalue weighted by molar-refractivity contribution is 6.26. The number of fused-ring (bicyclic) bond motifs is 10. The first-order chi connectivity index (χ1) is 23.8. The number of pyridine rings is 2. The molecule has 0 saturated carbocycles. The van der Waals surface area contributed by atoms with Crippen LogP contribution in [0.25, 0.3) is 98.4 Å². The van der Waals surface area contributed by atoms with Crippen molar-refractivity contribution < 1.29 is 0 Å². The van der Waals surface area contributed by atoms with Crippen LogP contribution in [0.5, 0.6) is 0 Å². The molecule has 222 valence electrons. The molecular formula is C46H28N2. The number of para-hydroxylation sites is 2. The van der Waals surface area contributed by atoms with Crippen LogP contribution >= 0.6 is 0 Å². The second-order valence-electron chi connectivity index (χ2n) is 12.5. The van der Waals surface area contributed by atoms with Crippen LogP contribution < -0.4 is 0 Å². The predicted octanol–water partition coefficient (Wildman–Crippen LogP) is 12.4. The molecule has 0 fully saturated rings. The summed E-state index contributed by atoms with van der Waals surface area (Å²) in [6.45, 7) is 0. The zero-order chi connectivity index (χ0) is 31.6. The van der Waals surface area contributed by atoms with E-state index in [9.17, 15) is 0 Å². The van der Waals surface area contributed by atoms with E-state index in [1.165, 1.54) is 48.8 Å². The van der Waals surface area contributed by atoms with Crippen molar-refractivity contribution in [2.75, 3.05) is 0 Å². The van der Waals surface area contributed by atoms with Crippen molar-refractivity contribution in [3.8, 4) is 33.5 Å². The molecule has 0 aliphatic heterocycles. The maximum Gasteiger partial charge on any atom is 0.0788 e. The lowest BCUT2D eigenvalue weighted by Gasteiger charge is -2.16. The summed E-state index contributed by atoms with van der Waals surface area (Å²) >= 11 is 0. The van der Waals surface area contributed by atoms with Crippen LogP contribution in [0.1, 0.15) is 0 Å². The molecular weight excluding hydrogens is 581 g/mol. The largest absolute Gasteiger partial charge is 0.256 e. The number of rotatable bonds is 3. The van der Waals surface area contributed by atoms with Crippen LogP contribution in [0.4, 0.5) is 0 Å². The molecule has 48 heavy (non-hydrogen) atoms. The molecule has 0 saturated heterocycles. The zero-order valence-electron chi connectivity index (χ0n) is 26.1. The molecule has 0 bridgehead atoms. The van der Waals surface area contributed by atoms with Gasteiger partial charge in [0.05, 0.1) is 16.7 Å². The van der Waals surface area contributed by atoms with Gasteiger partial charge in [-0.25, -0.2) is 4.98 Å². The van der Waals surface area contributed by atoms with Gasteiger partial charge in [0.25, 0.3) is 0 Å². The van der Waals surface area contributed by atoms with Crippen LogP contribution in [0.2, 0.25) is 0 Å². The molecule has 0 spiro atoms. The molecule has 10 rings (SSSR count). The van der Waals surface area contributed by atoms with Crippen molar-refractivity contribution in [3.63, 3.8) is 0 Å². The van der Waals surface area contributed by atoms with Crippen molar-refractivity contribution in [1.82, 2.24) is 9.97 Å². The quantitative estimate of drug-likeness (QED) is 0.187. The standard InChI is InChI=1S/C46H28N2/c1-2-14-37-35(12-1)36-13-3-4-15-38(36)42-28-32(25-26-39(37)42)33-17-8-19-41-44(33)40-16-5-6-20-43(40)48-46(41)31-23-21-29(22-24-31)34-18-7-10-30-11-9-27-47-45(30)34/h1-28H. The first kappa shape index (κ1) is 26.8. The third kappa shape index (κ3) is 4.06. The average Bonchev–Trinajstić information content (AvgIpc) is 3.17. The second-order valence-corrected chi connectivity index (χ2v) is 12.5. The number of aromatic nitrogens is 2. The van der Waals surface area contributed by atoms with E-state index in [0.29, 0.717) is 0 Å². The van der Waals surface area contributed by atoms with E-state index >= 15 is 0 Å². The Kier molecular flexibility index (Phi) is 5.91.